The van der Waals surface area contributed by atoms with Crippen LogP contribution in [0.4, 0.5) is 0 Å². The van der Waals surface area contributed by atoms with Crippen molar-refractivity contribution in [2.24, 2.45) is 5.92 Å². The number of hydrogen-bond acceptors (Lipinski definition) is 1. The second-order valence-electron chi connectivity index (χ2n) is 4.02. The normalized spacial score (nSPS) is 15.8. The SMILES string of the molecule is CC(C)CS(=O)C(C)(C)C. The molecule has 0 aliphatic carbocycles. The quantitative estimate of drug-likeness (QED) is 0.608. The summed E-state index contributed by atoms with van der Waals surface area (Å²) in [5, 5.41) is 0. The van der Waals surface area contributed by atoms with E-state index in [-0.39, 0.29) is 4.75 Å². The van der Waals surface area contributed by atoms with E-state index in [1.807, 2.05) is 20.8 Å². The first-order valence-electron chi connectivity index (χ1n) is 3.72. The van der Waals surface area contributed by atoms with Gasteiger partial charge in [-0.1, -0.05) is 13.8 Å². The van der Waals surface area contributed by atoms with Crippen molar-refractivity contribution in [2.45, 2.75) is 39.4 Å². The van der Waals surface area contributed by atoms with Gasteiger partial charge in [0.2, 0.25) is 0 Å². The Kier molecular flexibility index (Phi) is 3.57. The van der Waals surface area contributed by atoms with Gasteiger partial charge in [-0.25, -0.2) is 0 Å². The summed E-state index contributed by atoms with van der Waals surface area (Å²) in [6.07, 6.45) is 0. The first-order chi connectivity index (χ1) is 4.34. The predicted molar refractivity (Wildman–Crippen MR) is 47.6 cm³/mol. The van der Waals surface area contributed by atoms with Gasteiger partial charge in [0.15, 0.2) is 0 Å². The fourth-order valence-corrected chi connectivity index (χ4v) is 1.66. The maximum Gasteiger partial charge on any atom is 0.0375 e. The number of hydrogen-bond donors (Lipinski definition) is 0. The summed E-state index contributed by atoms with van der Waals surface area (Å²) >= 11 is 0. The molecule has 0 amide bonds. The minimum Gasteiger partial charge on any atom is -0.259 e. The van der Waals surface area contributed by atoms with E-state index in [4.69, 9.17) is 0 Å². The molecule has 0 N–H and O–H groups in total. The third-order valence-electron chi connectivity index (χ3n) is 1.17. The van der Waals surface area contributed by atoms with E-state index < -0.39 is 10.8 Å². The maximum atomic E-state index is 11.4. The van der Waals surface area contributed by atoms with Crippen molar-refractivity contribution in [3.8, 4) is 0 Å². The van der Waals surface area contributed by atoms with Crippen LogP contribution in [0.1, 0.15) is 34.6 Å². The van der Waals surface area contributed by atoms with E-state index in [1.54, 1.807) is 0 Å². The van der Waals surface area contributed by atoms with Gasteiger partial charge in [0.1, 0.15) is 0 Å². The van der Waals surface area contributed by atoms with E-state index in [1.165, 1.54) is 0 Å². The Morgan fingerprint density at radius 3 is 1.80 bits per heavy atom. The zero-order valence-electron chi connectivity index (χ0n) is 7.60. The summed E-state index contributed by atoms with van der Waals surface area (Å²) in [5.41, 5.74) is 0. The third-order valence-corrected chi connectivity index (χ3v) is 3.50. The summed E-state index contributed by atoms with van der Waals surface area (Å²) in [4.78, 5) is 0. The Morgan fingerprint density at radius 2 is 1.70 bits per heavy atom. The first-order valence-corrected chi connectivity index (χ1v) is 5.04. The highest BCUT2D eigenvalue weighted by atomic mass is 32.2. The van der Waals surface area contributed by atoms with Crippen LogP contribution in [0.15, 0.2) is 0 Å². The van der Waals surface area contributed by atoms with Crippen molar-refractivity contribution in [1.29, 1.82) is 0 Å². The average Bonchev–Trinajstić information content (AvgIpc) is 1.60. The van der Waals surface area contributed by atoms with Crippen LogP contribution in [0.25, 0.3) is 0 Å². The summed E-state index contributed by atoms with van der Waals surface area (Å²) < 4.78 is 11.3. The zero-order valence-corrected chi connectivity index (χ0v) is 8.42. The van der Waals surface area contributed by atoms with Gasteiger partial charge in [0.05, 0.1) is 0 Å². The molecular weight excluding hydrogens is 144 g/mol. The molecule has 0 spiro atoms. The minimum absolute atomic E-state index is 0.0374. The van der Waals surface area contributed by atoms with E-state index >= 15 is 0 Å². The van der Waals surface area contributed by atoms with Crippen molar-refractivity contribution in [3.05, 3.63) is 0 Å². The third kappa shape index (κ3) is 4.04. The lowest BCUT2D eigenvalue weighted by Crippen LogP contribution is -2.25. The zero-order chi connectivity index (χ0) is 8.36. The highest BCUT2D eigenvalue weighted by Gasteiger charge is 2.19. The van der Waals surface area contributed by atoms with Crippen LogP contribution in [0.2, 0.25) is 0 Å². The Labute approximate surface area is 66.7 Å². The molecule has 0 aromatic heterocycles. The Morgan fingerprint density at radius 1 is 1.30 bits per heavy atom. The molecule has 0 aromatic carbocycles. The molecule has 0 bridgehead atoms. The smallest absolute Gasteiger partial charge is 0.0375 e. The molecule has 0 saturated heterocycles. The van der Waals surface area contributed by atoms with Gasteiger partial charge < -0.3 is 0 Å². The van der Waals surface area contributed by atoms with Gasteiger partial charge in [0, 0.05) is 21.3 Å². The molecule has 62 valence electrons. The molecule has 0 aliphatic rings. The van der Waals surface area contributed by atoms with Gasteiger partial charge in [0.25, 0.3) is 0 Å². The van der Waals surface area contributed by atoms with E-state index in [2.05, 4.69) is 13.8 Å². The Bertz CT molecular complexity index is 122. The molecule has 2 heteroatoms. The molecule has 0 aromatic rings. The maximum absolute atomic E-state index is 11.4. The van der Waals surface area contributed by atoms with Crippen LogP contribution in [-0.2, 0) is 10.8 Å². The highest BCUT2D eigenvalue weighted by molar-refractivity contribution is 7.86. The molecule has 0 aliphatic heterocycles. The van der Waals surface area contributed by atoms with Crippen LogP contribution < -0.4 is 0 Å². The molecule has 1 atom stereocenters. The lowest BCUT2D eigenvalue weighted by molar-refractivity contribution is 0.631. The van der Waals surface area contributed by atoms with E-state index in [0.29, 0.717) is 5.92 Å². The fraction of sp³-hybridized carbons (Fsp3) is 1.00. The molecule has 10 heavy (non-hydrogen) atoms. The molecule has 1 unspecified atom stereocenters. The van der Waals surface area contributed by atoms with Gasteiger partial charge in [-0.3, -0.25) is 4.21 Å². The van der Waals surface area contributed by atoms with Gasteiger partial charge in [-0.05, 0) is 26.7 Å². The van der Waals surface area contributed by atoms with E-state index in [0.717, 1.165) is 5.75 Å². The largest absolute Gasteiger partial charge is 0.259 e. The second kappa shape index (κ2) is 3.51. The first kappa shape index (κ1) is 10.2. The van der Waals surface area contributed by atoms with Crippen molar-refractivity contribution < 1.29 is 4.21 Å². The summed E-state index contributed by atoms with van der Waals surface area (Å²) in [6, 6.07) is 0. The average molecular weight is 162 g/mol. The standard InChI is InChI=1S/C8H18OS/c1-7(2)6-10(9)8(3,4)5/h7H,6H2,1-5H3. The Hall–Kier alpha value is 0.150. The van der Waals surface area contributed by atoms with Crippen LogP contribution in [-0.4, -0.2) is 14.7 Å². The van der Waals surface area contributed by atoms with Gasteiger partial charge in [-0.2, -0.15) is 0 Å². The van der Waals surface area contributed by atoms with Crippen molar-refractivity contribution in [2.75, 3.05) is 5.75 Å². The summed E-state index contributed by atoms with van der Waals surface area (Å²) in [7, 11) is -0.667. The molecule has 0 radical (unpaired) electrons. The van der Waals surface area contributed by atoms with Crippen LogP contribution in [0.3, 0.4) is 0 Å². The van der Waals surface area contributed by atoms with Crippen molar-refractivity contribution in [3.63, 3.8) is 0 Å². The molecule has 0 heterocycles. The monoisotopic (exact) mass is 162 g/mol. The van der Waals surface area contributed by atoms with Crippen LogP contribution in [0.5, 0.6) is 0 Å². The lowest BCUT2D eigenvalue weighted by atomic mass is 10.2. The second-order valence-corrected chi connectivity index (χ2v) is 6.27. The lowest BCUT2D eigenvalue weighted by Gasteiger charge is -2.18. The molecular formula is C8H18OS. The van der Waals surface area contributed by atoms with Gasteiger partial charge >= 0.3 is 0 Å². The van der Waals surface area contributed by atoms with Crippen molar-refractivity contribution in [1.82, 2.24) is 0 Å². The molecule has 0 saturated carbocycles. The van der Waals surface area contributed by atoms with Gasteiger partial charge in [-0.15, -0.1) is 0 Å². The van der Waals surface area contributed by atoms with E-state index in [9.17, 15) is 4.21 Å². The highest BCUT2D eigenvalue weighted by Crippen LogP contribution is 2.13. The minimum atomic E-state index is -0.667. The fourth-order valence-electron chi connectivity index (χ4n) is 0.553. The van der Waals surface area contributed by atoms with Crippen LogP contribution >= 0.6 is 0 Å². The summed E-state index contributed by atoms with van der Waals surface area (Å²) in [5.74, 6) is 1.36. The topological polar surface area (TPSA) is 17.1 Å². The Balaban J connectivity index is 3.87. The molecule has 0 fully saturated rings. The van der Waals surface area contributed by atoms with Crippen LogP contribution in [0, 0.1) is 5.92 Å². The predicted octanol–water partition coefficient (Wildman–Crippen LogP) is 2.19. The molecule has 0 rings (SSSR count). The summed E-state index contributed by atoms with van der Waals surface area (Å²) in [6.45, 7) is 10.3. The number of rotatable bonds is 2. The molecule has 1 nitrogen and oxygen atoms in total. The van der Waals surface area contributed by atoms with Crippen molar-refractivity contribution >= 4 is 10.8 Å².